The maximum Gasteiger partial charge on any atom is 0.244 e. The van der Waals surface area contributed by atoms with Crippen LogP contribution in [0.4, 0.5) is 0 Å². The highest BCUT2D eigenvalue weighted by Gasteiger charge is 2.37. The number of fused-ring (bicyclic) bond motifs is 1. The van der Waals surface area contributed by atoms with Crippen molar-refractivity contribution in [2.24, 2.45) is 5.41 Å². The lowest BCUT2D eigenvalue weighted by Gasteiger charge is -2.38. The molecule has 0 atom stereocenters. The molecule has 6 heteroatoms. The Kier molecular flexibility index (Phi) is 4.60. The number of aromatic nitrogens is 2. The molecule has 124 valence electrons. The number of likely N-dealkylation sites (tertiary alicyclic amines) is 1. The highest BCUT2D eigenvalue weighted by atomic mass is 35.5. The van der Waals surface area contributed by atoms with Crippen LogP contribution in [0.1, 0.15) is 19.3 Å². The van der Waals surface area contributed by atoms with E-state index in [1.165, 1.54) is 6.42 Å². The normalized spacial score (nSPS) is 19.9. The van der Waals surface area contributed by atoms with Crippen LogP contribution in [0.3, 0.4) is 0 Å². The molecule has 0 radical (unpaired) electrons. The first-order chi connectivity index (χ1) is 10.7. The van der Waals surface area contributed by atoms with E-state index in [-0.39, 0.29) is 18.3 Å². The second-order valence-corrected chi connectivity index (χ2v) is 6.69. The van der Waals surface area contributed by atoms with E-state index in [0.717, 1.165) is 49.9 Å². The molecule has 0 bridgehead atoms. The lowest BCUT2D eigenvalue weighted by atomic mass is 9.78. The number of nitrogens with one attached hydrogen (secondary N) is 1. The molecule has 23 heavy (non-hydrogen) atoms. The standard InChI is InChI=1S/C17H22N4O.ClH/c22-16(12-21-11-14-3-1-2-4-15(14)19-21)20-9-6-17(7-10-20)5-8-18-13-17;/h1-4,11,18H,5-10,12-13H2;1H. The molecule has 5 nitrogen and oxygen atoms in total. The largest absolute Gasteiger partial charge is 0.341 e. The molecular weight excluding hydrogens is 312 g/mol. The summed E-state index contributed by atoms with van der Waals surface area (Å²) in [5.41, 5.74) is 1.40. The number of hydrogen-bond acceptors (Lipinski definition) is 3. The van der Waals surface area contributed by atoms with Gasteiger partial charge < -0.3 is 10.2 Å². The van der Waals surface area contributed by atoms with Gasteiger partial charge in [0.2, 0.25) is 5.91 Å². The van der Waals surface area contributed by atoms with Crippen LogP contribution in [0, 0.1) is 5.41 Å². The highest BCUT2D eigenvalue weighted by molar-refractivity contribution is 5.85. The molecule has 1 aromatic heterocycles. The van der Waals surface area contributed by atoms with E-state index in [9.17, 15) is 4.79 Å². The Morgan fingerprint density at radius 2 is 2.00 bits per heavy atom. The monoisotopic (exact) mass is 334 g/mol. The van der Waals surface area contributed by atoms with Crippen molar-refractivity contribution in [1.29, 1.82) is 0 Å². The molecule has 1 aromatic carbocycles. The van der Waals surface area contributed by atoms with Gasteiger partial charge in [-0.1, -0.05) is 18.2 Å². The molecule has 4 rings (SSSR count). The third kappa shape index (κ3) is 3.21. The fourth-order valence-corrected chi connectivity index (χ4v) is 3.79. The summed E-state index contributed by atoms with van der Waals surface area (Å²) in [6.07, 6.45) is 5.48. The van der Waals surface area contributed by atoms with Gasteiger partial charge in [0.05, 0.1) is 5.52 Å². The highest BCUT2D eigenvalue weighted by Crippen LogP contribution is 2.36. The summed E-state index contributed by atoms with van der Waals surface area (Å²) in [5.74, 6) is 0.189. The topological polar surface area (TPSA) is 50.2 Å². The Morgan fingerprint density at radius 3 is 2.70 bits per heavy atom. The van der Waals surface area contributed by atoms with Gasteiger partial charge in [0.1, 0.15) is 6.54 Å². The fraction of sp³-hybridized carbons (Fsp3) is 0.529. The van der Waals surface area contributed by atoms with Crippen LogP contribution < -0.4 is 5.32 Å². The van der Waals surface area contributed by atoms with Gasteiger partial charge in [-0.05, 0) is 37.3 Å². The number of piperidine rings is 1. The van der Waals surface area contributed by atoms with Crippen molar-refractivity contribution in [3.63, 3.8) is 0 Å². The number of carbonyl (C=O) groups is 1. The van der Waals surface area contributed by atoms with Gasteiger partial charge in [-0.3, -0.25) is 9.48 Å². The molecule has 2 aromatic rings. The Balaban J connectivity index is 0.00000156. The number of amides is 1. The van der Waals surface area contributed by atoms with Crippen molar-refractivity contribution in [2.75, 3.05) is 26.2 Å². The molecular formula is C17H23ClN4O. The molecule has 2 aliphatic rings. The quantitative estimate of drug-likeness (QED) is 0.914. The first kappa shape index (κ1) is 16.3. The zero-order chi connectivity index (χ0) is 15.0. The second kappa shape index (κ2) is 6.49. The van der Waals surface area contributed by atoms with Crippen molar-refractivity contribution < 1.29 is 4.79 Å². The summed E-state index contributed by atoms with van der Waals surface area (Å²) in [4.78, 5) is 14.5. The van der Waals surface area contributed by atoms with Crippen molar-refractivity contribution in [2.45, 2.75) is 25.8 Å². The predicted octanol–water partition coefficient (Wildman–Crippen LogP) is 2.06. The van der Waals surface area contributed by atoms with Crippen LogP contribution in [-0.4, -0.2) is 46.8 Å². The first-order valence-corrected chi connectivity index (χ1v) is 8.15. The number of halogens is 1. The van der Waals surface area contributed by atoms with Gasteiger partial charge in [0.15, 0.2) is 0 Å². The van der Waals surface area contributed by atoms with Crippen LogP contribution in [0.5, 0.6) is 0 Å². The number of hydrogen-bond donors (Lipinski definition) is 1. The van der Waals surface area contributed by atoms with E-state index < -0.39 is 0 Å². The maximum atomic E-state index is 12.5. The zero-order valence-corrected chi connectivity index (χ0v) is 14.0. The SMILES string of the molecule is Cl.O=C(Cn1cc2ccccc2n1)N1CCC2(CCNC2)CC1. The Bertz CT molecular complexity index is 650. The Morgan fingerprint density at radius 1 is 1.22 bits per heavy atom. The molecule has 1 N–H and O–H groups in total. The van der Waals surface area contributed by atoms with E-state index in [4.69, 9.17) is 0 Å². The molecule has 3 heterocycles. The van der Waals surface area contributed by atoms with Crippen LogP contribution in [0.2, 0.25) is 0 Å². The van der Waals surface area contributed by atoms with Crippen molar-refractivity contribution in [3.8, 4) is 0 Å². The summed E-state index contributed by atoms with van der Waals surface area (Å²) in [7, 11) is 0. The van der Waals surface area contributed by atoms with E-state index in [1.54, 1.807) is 4.68 Å². The molecule has 1 amide bonds. The minimum atomic E-state index is 0. The molecule has 2 saturated heterocycles. The lowest BCUT2D eigenvalue weighted by Crippen LogP contribution is -2.45. The van der Waals surface area contributed by atoms with Crippen LogP contribution in [0.25, 0.3) is 10.9 Å². The molecule has 0 unspecified atom stereocenters. The summed E-state index contributed by atoms with van der Waals surface area (Å²) in [5, 5.41) is 9.03. The van der Waals surface area contributed by atoms with Gasteiger partial charge in [0.25, 0.3) is 0 Å². The van der Waals surface area contributed by atoms with Crippen LogP contribution in [0.15, 0.2) is 30.5 Å². The fourth-order valence-electron chi connectivity index (χ4n) is 3.79. The minimum Gasteiger partial charge on any atom is -0.341 e. The molecule has 1 spiro atoms. The molecule has 0 aliphatic carbocycles. The summed E-state index contributed by atoms with van der Waals surface area (Å²) in [6, 6.07) is 7.98. The zero-order valence-electron chi connectivity index (χ0n) is 13.2. The van der Waals surface area contributed by atoms with Gasteiger partial charge in [0, 0.05) is 31.2 Å². The average Bonchev–Trinajstić information content (AvgIpc) is 3.14. The van der Waals surface area contributed by atoms with E-state index in [1.807, 2.05) is 35.4 Å². The van der Waals surface area contributed by atoms with Gasteiger partial charge >= 0.3 is 0 Å². The summed E-state index contributed by atoms with van der Waals surface area (Å²) in [6.45, 7) is 4.38. The van der Waals surface area contributed by atoms with Crippen LogP contribution >= 0.6 is 12.4 Å². The Labute approximate surface area is 142 Å². The van der Waals surface area contributed by atoms with Crippen molar-refractivity contribution >= 4 is 29.2 Å². The van der Waals surface area contributed by atoms with Gasteiger partial charge in [-0.15, -0.1) is 12.4 Å². The average molecular weight is 335 g/mol. The summed E-state index contributed by atoms with van der Waals surface area (Å²) >= 11 is 0. The molecule has 2 aliphatic heterocycles. The van der Waals surface area contributed by atoms with E-state index >= 15 is 0 Å². The number of carbonyl (C=O) groups excluding carboxylic acids is 1. The van der Waals surface area contributed by atoms with Crippen molar-refractivity contribution in [1.82, 2.24) is 20.0 Å². The Hall–Kier alpha value is -1.59. The third-order valence-corrected chi connectivity index (χ3v) is 5.27. The van der Waals surface area contributed by atoms with Gasteiger partial charge in [-0.25, -0.2) is 0 Å². The third-order valence-electron chi connectivity index (χ3n) is 5.27. The number of rotatable bonds is 2. The lowest BCUT2D eigenvalue weighted by molar-refractivity contribution is -0.134. The summed E-state index contributed by atoms with van der Waals surface area (Å²) < 4.78 is 1.77. The second-order valence-electron chi connectivity index (χ2n) is 6.69. The van der Waals surface area contributed by atoms with Gasteiger partial charge in [-0.2, -0.15) is 5.10 Å². The number of benzene rings is 1. The molecule has 2 fully saturated rings. The predicted molar refractivity (Wildman–Crippen MR) is 92.7 cm³/mol. The molecule has 0 saturated carbocycles. The number of nitrogens with zero attached hydrogens (tertiary/aromatic N) is 3. The maximum absolute atomic E-state index is 12.5. The van der Waals surface area contributed by atoms with Crippen LogP contribution in [-0.2, 0) is 11.3 Å². The van der Waals surface area contributed by atoms with E-state index in [0.29, 0.717) is 12.0 Å². The minimum absolute atomic E-state index is 0. The first-order valence-electron chi connectivity index (χ1n) is 8.15. The van der Waals surface area contributed by atoms with E-state index in [2.05, 4.69) is 10.4 Å². The smallest absolute Gasteiger partial charge is 0.244 e. The van der Waals surface area contributed by atoms with Crippen molar-refractivity contribution in [3.05, 3.63) is 30.5 Å².